The lowest BCUT2D eigenvalue weighted by Crippen LogP contribution is -2.28. The SMILES string of the molecule is Cc1nc(C(C)C)nc(OCC(=O)NCc2ccc(F)cc2)c1C. The second-order valence-electron chi connectivity index (χ2n) is 5.94. The first-order valence-corrected chi connectivity index (χ1v) is 7.86. The molecular weight excluding hydrogens is 309 g/mol. The average molecular weight is 331 g/mol. The van der Waals surface area contributed by atoms with Crippen LogP contribution in [-0.2, 0) is 11.3 Å². The van der Waals surface area contributed by atoms with Gasteiger partial charge in [-0.1, -0.05) is 26.0 Å². The zero-order chi connectivity index (χ0) is 17.7. The number of amides is 1. The monoisotopic (exact) mass is 331 g/mol. The number of ether oxygens (including phenoxy) is 1. The molecule has 1 N–H and O–H groups in total. The lowest BCUT2D eigenvalue weighted by Gasteiger charge is -2.13. The molecule has 24 heavy (non-hydrogen) atoms. The number of carbonyl (C=O) groups excluding carboxylic acids is 1. The summed E-state index contributed by atoms with van der Waals surface area (Å²) in [6, 6.07) is 5.98. The first-order valence-electron chi connectivity index (χ1n) is 7.86. The maximum absolute atomic E-state index is 12.8. The largest absolute Gasteiger partial charge is 0.467 e. The van der Waals surface area contributed by atoms with E-state index in [9.17, 15) is 9.18 Å². The summed E-state index contributed by atoms with van der Waals surface area (Å²) in [6.45, 7) is 7.96. The Morgan fingerprint density at radius 1 is 1.21 bits per heavy atom. The van der Waals surface area contributed by atoms with Crippen molar-refractivity contribution < 1.29 is 13.9 Å². The molecule has 1 aromatic carbocycles. The van der Waals surface area contributed by atoms with Gasteiger partial charge >= 0.3 is 0 Å². The summed E-state index contributed by atoms with van der Waals surface area (Å²) in [4.78, 5) is 20.7. The van der Waals surface area contributed by atoms with Gasteiger partial charge in [0.15, 0.2) is 6.61 Å². The standard InChI is InChI=1S/C18H22FN3O2/c1-11(2)17-21-13(4)12(3)18(22-17)24-10-16(23)20-9-14-5-7-15(19)8-6-14/h5-8,11H,9-10H2,1-4H3,(H,20,23). The zero-order valence-corrected chi connectivity index (χ0v) is 14.4. The molecular formula is C18H22FN3O2. The van der Waals surface area contributed by atoms with Crippen molar-refractivity contribution in [2.24, 2.45) is 0 Å². The van der Waals surface area contributed by atoms with Gasteiger partial charge in [-0.05, 0) is 31.5 Å². The third-order valence-corrected chi connectivity index (χ3v) is 3.62. The minimum absolute atomic E-state index is 0.129. The van der Waals surface area contributed by atoms with Crippen LogP contribution >= 0.6 is 0 Å². The highest BCUT2D eigenvalue weighted by Crippen LogP contribution is 2.20. The number of benzene rings is 1. The first kappa shape index (κ1) is 17.8. The Balaban J connectivity index is 1.92. The molecule has 0 aliphatic heterocycles. The highest BCUT2D eigenvalue weighted by Gasteiger charge is 2.13. The number of nitrogens with one attached hydrogen (secondary N) is 1. The summed E-state index contributed by atoms with van der Waals surface area (Å²) >= 11 is 0. The number of carbonyl (C=O) groups is 1. The minimum Gasteiger partial charge on any atom is -0.467 e. The summed E-state index contributed by atoms with van der Waals surface area (Å²) in [7, 11) is 0. The Kier molecular flexibility index (Phi) is 5.84. The first-order chi connectivity index (χ1) is 11.4. The summed E-state index contributed by atoms with van der Waals surface area (Å²) < 4.78 is 18.4. The fourth-order valence-electron chi connectivity index (χ4n) is 2.01. The van der Waals surface area contributed by atoms with Crippen LogP contribution in [-0.4, -0.2) is 22.5 Å². The number of nitrogens with zero attached hydrogens (tertiary/aromatic N) is 2. The van der Waals surface area contributed by atoms with Gasteiger partial charge in [-0.3, -0.25) is 4.79 Å². The second kappa shape index (κ2) is 7.86. The topological polar surface area (TPSA) is 64.1 Å². The summed E-state index contributed by atoms with van der Waals surface area (Å²) in [6.07, 6.45) is 0. The molecule has 0 fully saturated rings. The molecule has 1 amide bonds. The van der Waals surface area contributed by atoms with Crippen molar-refractivity contribution in [1.82, 2.24) is 15.3 Å². The van der Waals surface area contributed by atoms with Crippen LogP contribution in [0.5, 0.6) is 5.88 Å². The van der Waals surface area contributed by atoms with Crippen LogP contribution in [0.25, 0.3) is 0 Å². The van der Waals surface area contributed by atoms with E-state index in [2.05, 4.69) is 15.3 Å². The van der Waals surface area contributed by atoms with Gasteiger partial charge < -0.3 is 10.1 Å². The van der Waals surface area contributed by atoms with Crippen LogP contribution in [0.4, 0.5) is 4.39 Å². The summed E-state index contributed by atoms with van der Waals surface area (Å²) in [5.74, 6) is 0.743. The normalized spacial score (nSPS) is 10.8. The fraction of sp³-hybridized carbons (Fsp3) is 0.389. The van der Waals surface area contributed by atoms with Gasteiger partial charge in [-0.15, -0.1) is 0 Å². The number of aromatic nitrogens is 2. The third-order valence-electron chi connectivity index (χ3n) is 3.62. The van der Waals surface area contributed by atoms with Gasteiger partial charge in [-0.25, -0.2) is 9.37 Å². The lowest BCUT2D eigenvalue weighted by atomic mass is 10.2. The third kappa shape index (κ3) is 4.75. The number of hydrogen-bond donors (Lipinski definition) is 1. The average Bonchev–Trinajstić information content (AvgIpc) is 2.55. The summed E-state index contributed by atoms with van der Waals surface area (Å²) in [5, 5.41) is 2.73. The van der Waals surface area contributed by atoms with Crippen molar-refractivity contribution in [2.45, 2.75) is 40.2 Å². The van der Waals surface area contributed by atoms with Crippen molar-refractivity contribution in [2.75, 3.05) is 6.61 Å². The molecule has 0 atom stereocenters. The maximum Gasteiger partial charge on any atom is 0.258 e. The molecule has 0 saturated carbocycles. The van der Waals surface area contributed by atoms with E-state index in [-0.39, 0.29) is 24.2 Å². The Labute approximate surface area is 141 Å². The fourth-order valence-corrected chi connectivity index (χ4v) is 2.01. The smallest absolute Gasteiger partial charge is 0.258 e. The Bertz CT molecular complexity index is 715. The van der Waals surface area contributed by atoms with Gasteiger partial charge in [0.25, 0.3) is 5.91 Å². The van der Waals surface area contributed by atoms with E-state index in [1.54, 1.807) is 12.1 Å². The second-order valence-corrected chi connectivity index (χ2v) is 5.94. The van der Waals surface area contributed by atoms with E-state index in [0.29, 0.717) is 18.2 Å². The van der Waals surface area contributed by atoms with E-state index in [4.69, 9.17) is 4.74 Å². The van der Waals surface area contributed by atoms with Crippen LogP contribution in [0.1, 0.15) is 42.4 Å². The molecule has 0 unspecified atom stereocenters. The van der Waals surface area contributed by atoms with Crippen LogP contribution < -0.4 is 10.1 Å². The predicted molar refractivity (Wildman–Crippen MR) is 89.3 cm³/mol. The molecule has 2 aromatic rings. The quantitative estimate of drug-likeness (QED) is 0.883. The van der Waals surface area contributed by atoms with Gasteiger partial charge in [0.05, 0.1) is 0 Å². The number of aryl methyl sites for hydroxylation is 1. The van der Waals surface area contributed by atoms with Gasteiger partial charge in [-0.2, -0.15) is 4.98 Å². The number of hydrogen-bond acceptors (Lipinski definition) is 4. The van der Waals surface area contributed by atoms with Gasteiger partial charge in [0.1, 0.15) is 11.6 Å². The van der Waals surface area contributed by atoms with Crippen molar-refractivity contribution in [3.63, 3.8) is 0 Å². The van der Waals surface area contributed by atoms with Crippen LogP contribution in [0.15, 0.2) is 24.3 Å². The van der Waals surface area contributed by atoms with Crippen LogP contribution in [0.3, 0.4) is 0 Å². The van der Waals surface area contributed by atoms with Crippen LogP contribution in [0.2, 0.25) is 0 Å². The number of rotatable bonds is 6. The number of halogens is 1. The predicted octanol–water partition coefficient (Wildman–Crippen LogP) is 3.05. The Morgan fingerprint density at radius 2 is 1.88 bits per heavy atom. The Hall–Kier alpha value is -2.50. The lowest BCUT2D eigenvalue weighted by molar-refractivity contribution is -0.123. The Morgan fingerprint density at radius 3 is 2.50 bits per heavy atom. The van der Waals surface area contributed by atoms with E-state index < -0.39 is 0 Å². The van der Waals surface area contributed by atoms with Crippen LogP contribution in [0, 0.1) is 19.7 Å². The van der Waals surface area contributed by atoms with E-state index in [0.717, 1.165) is 16.8 Å². The maximum atomic E-state index is 12.8. The highest BCUT2D eigenvalue weighted by molar-refractivity contribution is 5.77. The molecule has 0 radical (unpaired) electrons. The van der Waals surface area contributed by atoms with E-state index >= 15 is 0 Å². The molecule has 0 aliphatic carbocycles. The molecule has 5 nitrogen and oxygen atoms in total. The molecule has 0 bridgehead atoms. The molecule has 6 heteroatoms. The minimum atomic E-state index is -0.302. The zero-order valence-electron chi connectivity index (χ0n) is 14.4. The molecule has 2 rings (SSSR count). The molecule has 1 heterocycles. The molecule has 0 spiro atoms. The van der Waals surface area contributed by atoms with Crippen molar-refractivity contribution in [3.8, 4) is 5.88 Å². The molecule has 128 valence electrons. The van der Waals surface area contributed by atoms with Crippen molar-refractivity contribution in [3.05, 3.63) is 52.7 Å². The van der Waals surface area contributed by atoms with Crippen molar-refractivity contribution >= 4 is 5.91 Å². The van der Waals surface area contributed by atoms with E-state index in [1.807, 2.05) is 27.7 Å². The molecule has 0 saturated heterocycles. The molecule has 1 aromatic heterocycles. The van der Waals surface area contributed by atoms with Crippen molar-refractivity contribution in [1.29, 1.82) is 0 Å². The van der Waals surface area contributed by atoms with E-state index in [1.165, 1.54) is 12.1 Å². The molecule has 0 aliphatic rings. The van der Waals surface area contributed by atoms with Gasteiger partial charge in [0, 0.05) is 23.7 Å². The summed E-state index contributed by atoms with van der Waals surface area (Å²) in [5.41, 5.74) is 2.49. The highest BCUT2D eigenvalue weighted by atomic mass is 19.1. The van der Waals surface area contributed by atoms with Gasteiger partial charge in [0.2, 0.25) is 5.88 Å².